The highest BCUT2D eigenvalue weighted by Gasteiger charge is 2.17. The van der Waals surface area contributed by atoms with E-state index < -0.39 is 0 Å². The fraction of sp³-hybridized carbons (Fsp3) is 0.400. The molecule has 0 saturated heterocycles. The second-order valence-electron chi connectivity index (χ2n) is 5.99. The quantitative estimate of drug-likeness (QED) is 0.869. The number of methoxy groups -OCH3 is 1. The lowest BCUT2D eigenvalue weighted by Gasteiger charge is -2.20. The van der Waals surface area contributed by atoms with Crippen molar-refractivity contribution in [3.8, 4) is 5.75 Å². The Bertz CT molecular complexity index is 616. The average molecular weight is 297 g/mol. The van der Waals surface area contributed by atoms with Gasteiger partial charge in [-0.2, -0.15) is 0 Å². The summed E-state index contributed by atoms with van der Waals surface area (Å²) in [5, 5.41) is 0. The largest absolute Gasteiger partial charge is 0.496 e. The third-order valence-corrected chi connectivity index (χ3v) is 4.48. The van der Waals surface area contributed by atoms with Crippen molar-refractivity contribution < 1.29 is 4.74 Å². The predicted molar refractivity (Wildman–Crippen MR) is 93.8 cm³/mol. The molecule has 0 aliphatic heterocycles. The molecule has 2 nitrogen and oxygen atoms in total. The zero-order valence-corrected chi connectivity index (χ0v) is 14.1. The summed E-state index contributed by atoms with van der Waals surface area (Å²) in [6.07, 6.45) is 2.02. The Hall–Kier alpha value is -1.80. The topological polar surface area (TPSA) is 35.2 Å². The summed E-state index contributed by atoms with van der Waals surface area (Å²) in [6, 6.07) is 13.2. The number of hydrogen-bond donors (Lipinski definition) is 1. The average Bonchev–Trinajstić information content (AvgIpc) is 2.55. The molecule has 0 amide bonds. The van der Waals surface area contributed by atoms with Gasteiger partial charge in [0.2, 0.25) is 0 Å². The first-order valence-corrected chi connectivity index (χ1v) is 8.02. The molecule has 2 aromatic rings. The summed E-state index contributed by atoms with van der Waals surface area (Å²) in [5.41, 5.74) is 12.5. The molecule has 22 heavy (non-hydrogen) atoms. The molecule has 2 rings (SSSR count). The van der Waals surface area contributed by atoms with Gasteiger partial charge in [0.1, 0.15) is 5.75 Å². The molecule has 1 atom stereocenters. The van der Waals surface area contributed by atoms with Crippen LogP contribution in [-0.4, -0.2) is 13.7 Å². The van der Waals surface area contributed by atoms with Gasteiger partial charge in [-0.15, -0.1) is 0 Å². The Balaban J connectivity index is 2.29. The van der Waals surface area contributed by atoms with Crippen LogP contribution in [0.2, 0.25) is 0 Å². The molecular weight excluding hydrogens is 270 g/mol. The first-order valence-electron chi connectivity index (χ1n) is 8.02. The van der Waals surface area contributed by atoms with E-state index >= 15 is 0 Å². The number of nitrogens with two attached hydrogens (primary N) is 1. The standard InChI is InChI=1S/C20H27NO/c1-5-16-6-8-17(9-7-16)12-18(13-21)19-10-14(2)15(3)11-20(19)22-4/h6-11,18H,5,12-13,21H2,1-4H3. The van der Waals surface area contributed by atoms with Gasteiger partial charge in [-0.3, -0.25) is 0 Å². The number of rotatable bonds is 6. The number of benzene rings is 2. The molecule has 2 N–H and O–H groups in total. The monoisotopic (exact) mass is 297 g/mol. The van der Waals surface area contributed by atoms with Gasteiger partial charge in [0.25, 0.3) is 0 Å². The van der Waals surface area contributed by atoms with Crippen LogP contribution in [-0.2, 0) is 12.8 Å². The molecule has 0 fully saturated rings. The lowest BCUT2D eigenvalue weighted by molar-refractivity contribution is 0.404. The molecule has 2 aromatic carbocycles. The van der Waals surface area contributed by atoms with E-state index in [9.17, 15) is 0 Å². The molecule has 2 heteroatoms. The van der Waals surface area contributed by atoms with Gasteiger partial charge >= 0.3 is 0 Å². The minimum absolute atomic E-state index is 0.279. The van der Waals surface area contributed by atoms with Gasteiger partial charge in [-0.25, -0.2) is 0 Å². The highest BCUT2D eigenvalue weighted by molar-refractivity contribution is 5.44. The van der Waals surface area contributed by atoms with Crippen LogP contribution in [0.15, 0.2) is 36.4 Å². The van der Waals surface area contributed by atoms with Crippen LogP contribution in [0.4, 0.5) is 0 Å². The van der Waals surface area contributed by atoms with E-state index in [0.29, 0.717) is 6.54 Å². The van der Waals surface area contributed by atoms with Gasteiger partial charge in [0, 0.05) is 5.92 Å². The van der Waals surface area contributed by atoms with Crippen LogP contribution in [0.1, 0.15) is 40.7 Å². The highest BCUT2D eigenvalue weighted by atomic mass is 16.5. The number of ether oxygens (including phenoxy) is 1. The first kappa shape index (κ1) is 16.6. The van der Waals surface area contributed by atoms with Crippen LogP contribution in [0, 0.1) is 13.8 Å². The van der Waals surface area contributed by atoms with Crippen LogP contribution in [0.5, 0.6) is 5.75 Å². The highest BCUT2D eigenvalue weighted by Crippen LogP contribution is 2.31. The Kier molecular flexibility index (Phi) is 5.62. The molecule has 0 aromatic heterocycles. The molecule has 0 saturated carbocycles. The van der Waals surface area contributed by atoms with Crippen molar-refractivity contribution in [2.75, 3.05) is 13.7 Å². The normalized spacial score (nSPS) is 12.2. The molecule has 0 radical (unpaired) electrons. The molecule has 0 spiro atoms. The van der Waals surface area contributed by atoms with E-state index in [0.717, 1.165) is 18.6 Å². The Morgan fingerprint density at radius 3 is 2.14 bits per heavy atom. The van der Waals surface area contributed by atoms with Crippen LogP contribution in [0.25, 0.3) is 0 Å². The smallest absolute Gasteiger partial charge is 0.122 e. The van der Waals surface area contributed by atoms with E-state index in [1.807, 2.05) is 0 Å². The summed E-state index contributed by atoms with van der Waals surface area (Å²) in [7, 11) is 1.73. The SMILES string of the molecule is CCc1ccc(CC(CN)c2cc(C)c(C)cc2OC)cc1. The zero-order valence-electron chi connectivity index (χ0n) is 14.1. The van der Waals surface area contributed by atoms with Crippen molar-refractivity contribution in [2.45, 2.75) is 39.5 Å². The lowest BCUT2D eigenvalue weighted by Crippen LogP contribution is -2.16. The maximum absolute atomic E-state index is 6.06. The second kappa shape index (κ2) is 7.46. The van der Waals surface area contributed by atoms with Crippen LogP contribution in [0.3, 0.4) is 0 Å². The Morgan fingerprint density at radius 2 is 1.59 bits per heavy atom. The Morgan fingerprint density at radius 1 is 1.00 bits per heavy atom. The van der Waals surface area contributed by atoms with E-state index in [2.05, 4.69) is 57.2 Å². The summed E-state index contributed by atoms with van der Waals surface area (Å²) < 4.78 is 5.58. The van der Waals surface area contributed by atoms with Gasteiger partial charge in [0.15, 0.2) is 0 Å². The second-order valence-corrected chi connectivity index (χ2v) is 5.99. The minimum atomic E-state index is 0.279. The van der Waals surface area contributed by atoms with Gasteiger partial charge in [-0.05, 0) is 67.1 Å². The van der Waals surface area contributed by atoms with E-state index in [1.54, 1.807) is 7.11 Å². The third kappa shape index (κ3) is 3.69. The van der Waals surface area contributed by atoms with E-state index in [-0.39, 0.29) is 5.92 Å². The molecule has 0 bridgehead atoms. The van der Waals surface area contributed by atoms with E-state index in [1.165, 1.54) is 27.8 Å². The van der Waals surface area contributed by atoms with Crippen molar-refractivity contribution in [2.24, 2.45) is 5.73 Å². The van der Waals surface area contributed by atoms with Gasteiger partial charge in [-0.1, -0.05) is 37.3 Å². The van der Waals surface area contributed by atoms with Crippen molar-refractivity contribution in [1.82, 2.24) is 0 Å². The summed E-state index contributed by atoms with van der Waals surface area (Å²) in [6.45, 7) is 7.05. The Labute approximate surface area is 134 Å². The molecular formula is C20H27NO. The fourth-order valence-electron chi connectivity index (χ4n) is 2.82. The molecule has 0 aliphatic carbocycles. The van der Waals surface area contributed by atoms with Crippen molar-refractivity contribution in [1.29, 1.82) is 0 Å². The molecule has 0 heterocycles. The number of hydrogen-bond acceptors (Lipinski definition) is 2. The zero-order chi connectivity index (χ0) is 16.1. The summed E-state index contributed by atoms with van der Waals surface area (Å²) >= 11 is 0. The summed E-state index contributed by atoms with van der Waals surface area (Å²) in [5.74, 6) is 1.23. The number of aryl methyl sites for hydroxylation is 3. The maximum Gasteiger partial charge on any atom is 0.122 e. The minimum Gasteiger partial charge on any atom is -0.496 e. The van der Waals surface area contributed by atoms with Crippen LogP contribution >= 0.6 is 0 Å². The van der Waals surface area contributed by atoms with Crippen LogP contribution < -0.4 is 10.5 Å². The van der Waals surface area contributed by atoms with Crippen molar-refractivity contribution >= 4 is 0 Å². The van der Waals surface area contributed by atoms with E-state index in [4.69, 9.17) is 10.5 Å². The molecule has 0 aliphatic rings. The van der Waals surface area contributed by atoms with Gasteiger partial charge < -0.3 is 10.5 Å². The van der Waals surface area contributed by atoms with Crippen molar-refractivity contribution in [3.05, 3.63) is 64.2 Å². The third-order valence-electron chi connectivity index (χ3n) is 4.48. The fourth-order valence-corrected chi connectivity index (χ4v) is 2.82. The maximum atomic E-state index is 6.06. The first-order chi connectivity index (χ1) is 10.6. The van der Waals surface area contributed by atoms with Gasteiger partial charge in [0.05, 0.1) is 7.11 Å². The summed E-state index contributed by atoms with van der Waals surface area (Å²) in [4.78, 5) is 0. The van der Waals surface area contributed by atoms with Crippen molar-refractivity contribution in [3.63, 3.8) is 0 Å². The molecule has 118 valence electrons. The predicted octanol–water partition coefficient (Wildman–Crippen LogP) is 4.16. The molecule has 1 unspecified atom stereocenters. The lowest BCUT2D eigenvalue weighted by atomic mass is 9.89.